The maximum atomic E-state index is 13.4. The number of rotatable bonds is 6. The number of aliphatic hydroxyl groups excluding tert-OH is 1. The third-order valence-electron chi connectivity index (χ3n) is 3.07. The third-order valence-corrected chi connectivity index (χ3v) is 3.38. The van der Waals surface area contributed by atoms with Crippen molar-refractivity contribution in [2.75, 3.05) is 13.2 Å². The molecule has 0 aliphatic carbocycles. The van der Waals surface area contributed by atoms with Crippen LogP contribution in [0.15, 0.2) is 36.5 Å². The monoisotopic (exact) mass is 338 g/mol. The summed E-state index contributed by atoms with van der Waals surface area (Å²) in [6, 6.07) is 7.27. The predicted octanol–water partition coefficient (Wildman–Crippen LogP) is 2.74. The lowest BCUT2D eigenvalue weighted by Crippen LogP contribution is -2.29. The van der Waals surface area contributed by atoms with Crippen LogP contribution >= 0.6 is 11.6 Å². The van der Waals surface area contributed by atoms with Crippen molar-refractivity contribution >= 4 is 17.5 Å². The average molecular weight is 339 g/mol. The number of pyridine rings is 1. The van der Waals surface area contributed by atoms with Crippen LogP contribution in [-0.4, -0.2) is 29.1 Å². The van der Waals surface area contributed by atoms with Gasteiger partial charge in [-0.2, -0.15) is 0 Å². The first-order valence-electron chi connectivity index (χ1n) is 7.02. The molecule has 122 valence electrons. The van der Waals surface area contributed by atoms with Crippen LogP contribution in [0.1, 0.15) is 29.1 Å². The molecule has 2 N–H and O–H groups in total. The van der Waals surface area contributed by atoms with Crippen LogP contribution in [0.25, 0.3) is 0 Å². The maximum absolute atomic E-state index is 13.4. The molecule has 1 heterocycles. The lowest BCUT2D eigenvalue weighted by molar-refractivity contribution is 0.0907. The van der Waals surface area contributed by atoms with E-state index in [1.165, 1.54) is 18.3 Å². The van der Waals surface area contributed by atoms with E-state index in [0.717, 1.165) is 6.07 Å². The molecule has 2 aromatic rings. The molecule has 0 saturated heterocycles. The molecule has 1 atom stereocenters. The Labute approximate surface area is 138 Å². The van der Waals surface area contributed by atoms with Crippen LogP contribution < -0.4 is 10.1 Å². The maximum Gasteiger partial charge on any atom is 0.273 e. The number of nitrogens with one attached hydrogen (secondary N) is 1. The van der Waals surface area contributed by atoms with Crippen molar-refractivity contribution in [3.8, 4) is 5.75 Å². The van der Waals surface area contributed by atoms with E-state index < -0.39 is 17.8 Å². The number of hydrogen-bond donors (Lipinski definition) is 2. The molecule has 1 aromatic carbocycles. The summed E-state index contributed by atoms with van der Waals surface area (Å²) in [6.07, 6.45) is 0.410. The molecule has 0 aliphatic heterocycles. The Balaban J connectivity index is 2.02. The van der Waals surface area contributed by atoms with Gasteiger partial charge in [0, 0.05) is 12.7 Å². The lowest BCUT2D eigenvalue weighted by atomic mass is 10.1. The zero-order valence-electron chi connectivity index (χ0n) is 12.4. The minimum Gasteiger partial charge on any atom is -0.491 e. The van der Waals surface area contributed by atoms with Crippen LogP contribution in [-0.2, 0) is 0 Å². The van der Waals surface area contributed by atoms with E-state index in [1.807, 2.05) is 0 Å². The summed E-state index contributed by atoms with van der Waals surface area (Å²) in [5.74, 6) is -0.750. The van der Waals surface area contributed by atoms with Crippen molar-refractivity contribution in [1.29, 1.82) is 0 Å². The predicted molar refractivity (Wildman–Crippen MR) is 84.1 cm³/mol. The van der Waals surface area contributed by atoms with E-state index >= 15 is 0 Å². The number of aliphatic hydroxyl groups is 1. The van der Waals surface area contributed by atoms with Gasteiger partial charge in [0.15, 0.2) is 11.4 Å². The van der Waals surface area contributed by atoms with Gasteiger partial charge in [0.05, 0.1) is 17.7 Å². The number of carbonyl (C=O) groups excluding carboxylic acids is 1. The highest BCUT2D eigenvalue weighted by atomic mass is 35.5. The first kappa shape index (κ1) is 17.2. The van der Waals surface area contributed by atoms with Crippen molar-refractivity contribution in [2.24, 2.45) is 0 Å². The van der Waals surface area contributed by atoms with Gasteiger partial charge in [0.1, 0.15) is 5.82 Å². The van der Waals surface area contributed by atoms with Crippen LogP contribution in [0.3, 0.4) is 0 Å². The number of aromatic nitrogens is 1. The molecular weight excluding hydrogens is 323 g/mol. The summed E-state index contributed by atoms with van der Waals surface area (Å²) in [5, 5.41) is 12.5. The highest BCUT2D eigenvalue weighted by Crippen LogP contribution is 2.20. The van der Waals surface area contributed by atoms with Crippen LogP contribution in [0.2, 0.25) is 5.02 Å². The Kier molecular flexibility index (Phi) is 5.90. The largest absolute Gasteiger partial charge is 0.491 e. The number of benzene rings is 1. The summed E-state index contributed by atoms with van der Waals surface area (Å²) < 4.78 is 18.7. The molecule has 0 saturated carbocycles. The van der Waals surface area contributed by atoms with Crippen LogP contribution in [0.5, 0.6) is 5.75 Å². The van der Waals surface area contributed by atoms with Gasteiger partial charge in [-0.3, -0.25) is 4.79 Å². The molecule has 0 fully saturated rings. The Morgan fingerprint density at radius 3 is 2.96 bits per heavy atom. The standard InChI is InChI=1S/C16H16ClFN2O3/c1-2-23-14-4-3-7-19-15(14)16(22)20-9-13(21)10-5-6-11(17)12(18)8-10/h3-8,13,21H,2,9H2,1H3,(H,20,22). The van der Waals surface area contributed by atoms with Gasteiger partial charge in [0.2, 0.25) is 0 Å². The van der Waals surface area contributed by atoms with Crippen molar-refractivity contribution in [3.63, 3.8) is 0 Å². The molecule has 23 heavy (non-hydrogen) atoms. The third kappa shape index (κ3) is 4.40. The average Bonchev–Trinajstić information content (AvgIpc) is 2.55. The topological polar surface area (TPSA) is 71.5 Å². The number of hydrogen-bond acceptors (Lipinski definition) is 4. The van der Waals surface area contributed by atoms with Crippen LogP contribution in [0.4, 0.5) is 4.39 Å². The fourth-order valence-corrected chi connectivity index (χ4v) is 2.06. The van der Waals surface area contributed by atoms with Gasteiger partial charge in [-0.15, -0.1) is 0 Å². The molecule has 0 radical (unpaired) electrons. The van der Waals surface area contributed by atoms with E-state index in [4.69, 9.17) is 16.3 Å². The second kappa shape index (κ2) is 7.89. The number of nitrogens with zero attached hydrogens (tertiary/aromatic N) is 1. The Hall–Kier alpha value is -2.18. The van der Waals surface area contributed by atoms with E-state index in [-0.39, 0.29) is 17.3 Å². The first-order valence-corrected chi connectivity index (χ1v) is 7.39. The summed E-state index contributed by atoms with van der Waals surface area (Å²) in [4.78, 5) is 16.1. The molecule has 0 aliphatic rings. The zero-order chi connectivity index (χ0) is 16.8. The number of carbonyl (C=O) groups is 1. The van der Waals surface area contributed by atoms with Gasteiger partial charge >= 0.3 is 0 Å². The lowest BCUT2D eigenvalue weighted by Gasteiger charge is -2.13. The number of ether oxygens (including phenoxy) is 1. The first-order chi connectivity index (χ1) is 11.0. The Morgan fingerprint density at radius 2 is 2.26 bits per heavy atom. The molecular formula is C16H16ClFN2O3. The SMILES string of the molecule is CCOc1cccnc1C(=O)NCC(O)c1ccc(Cl)c(F)c1. The molecule has 5 nitrogen and oxygen atoms in total. The molecule has 1 aromatic heterocycles. The highest BCUT2D eigenvalue weighted by molar-refractivity contribution is 6.30. The fraction of sp³-hybridized carbons (Fsp3) is 0.250. The van der Waals surface area contributed by atoms with E-state index in [0.29, 0.717) is 17.9 Å². The molecule has 0 spiro atoms. The molecule has 7 heteroatoms. The second-order valence-corrected chi connectivity index (χ2v) is 5.09. The molecule has 1 amide bonds. The minimum atomic E-state index is -1.06. The normalized spacial score (nSPS) is 11.8. The van der Waals surface area contributed by atoms with Gasteiger partial charge in [0.25, 0.3) is 5.91 Å². The highest BCUT2D eigenvalue weighted by Gasteiger charge is 2.16. The van der Waals surface area contributed by atoms with Crippen molar-refractivity contribution in [3.05, 3.63) is 58.6 Å². The summed E-state index contributed by atoms with van der Waals surface area (Å²) >= 11 is 5.59. The van der Waals surface area contributed by atoms with E-state index in [2.05, 4.69) is 10.3 Å². The molecule has 0 bridgehead atoms. The smallest absolute Gasteiger partial charge is 0.273 e. The van der Waals surface area contributed by atoms with Gasteiger partial charge in [-0.1, -0.05) is 17.7 Å². The zero-order valence-corrected chi connectivity index (χ0v) is 13.2. The quantitative estimate of drug-likeness (QED) is 0.849. The van der Waals surface area contributed by atoms with Gasteiger partial charge < -0.3 is 15.2 Å². The number of amides is 1. The van der Waals surface area contributed by atoms with Crippen LogP contribution in [0, 0.1) is 5.82 Å². The van der Waals surface area contributed by atoms with Crippen molar-refractivity contribution < 1.29 is 19.0 Å². The van der Waals surface area contributed by atoms with Crippen molar-refractivity contribution in [1.82, 2.24) is 10.3 Å². The minimum absolute atomic E-state index is 0.0279. The second-order valence-electron chi connectivity index (χ2n) is 4.68. The summed E-state index contributed by atoms with van der Waals surface area (Å²) in [5.41, 5.74) is 0.446. The summed E-state index contributed by atoms with van der Waals surface area (Å²) in [7, 11) is 0. The Bertz CT molecular complexity index is 697. The Morgan fingerprint density at radius 1 is 1.48 bits per heavy atom. The molecule has 1 unspecified atom stereocenters. The summed E-state index contributed by atoms with van der Waals surface area (Å²) in [6.45, 7) is 2.11. The van der Waals surface area contributed by atoms with Crippen molar-refractivity contribution in [2.45, 2.75) is 13.0 Å². The number of halogens is 2. The fourth-order valence-electron chi connectivity index (χ4n) is 1.94. The molecule has 2 rings (SSSR count). The van der Waals surface area contributed by atoms with Gasteiger partial charge in [-0.25, -0.2) is 9.37 Å². The van der Waals surface area contributed by atoms with E-state index in [1.54, 1.807) is 19.1 Å². The van der Waals surface area contributed by atoms with E-state index in [9.17, 15) is 14.3 Å². The van der Waals surface area contributed by atoms with Gasteiger partial charge in [-0.05, 0) is 36.8 Å².